The van der Waals surface area contributed by atoms with E-state index in [0.717, 1.165) is 5.92 Å². The zero-order chi connectivity index (χ0) is 9.71. The van der Waals surface area contributed by atoms with E-state index in [9.17, 15) is 0 Å². The SMILES string of the molecule is Cc1ccc2c(c1)c(C1CC1)nn2C. The molecule has 0 aliphatic heterocycles. The molecule has 2 heteroatoms. The number of hydrogen-bond acceptors (Lipinski definition) is 1. The summed E-state index contributed by atoms with van der Waals surface area (Å²) >= 11 is 0. The molecule has 0 atom stereocenters. The van der Waals surface area contributed by atoms with Gasteiger partial charge in [-0.05, 0) is 31.9 Å². The highest BCUT2D eigenvalue weighted by Crippen LogP contribution is 2.42. The first-order chi connectivity index (χ1) is 6.75. The van der Waals surface area contributed by atoms with Gasteiger partial charge in [0.25, 0.3) is 0 Å². The topological polar surface area (TPSA) is 17.8 Å². The zero-order valence-electron chi connectivity index (χ0n) is 8.62. The Bertz CT molecular complexity index is 492. The molecule has 1 aliphatic carbocycles. The van der Waals surface area contributed by atoms with Gasteiger partial charge in [-0.3, -0.25) is 4.68 Å². The van der Waals surface area contributed by atoms with Gasteiger partial charge in [-0.2, -0.15) is 5.10 Å². The van der Waals surface area contributed by atoms with E-state index in [0.29, 0.717) is 0 Å². The average Bonchev–Trinajstić information content (AvgIpc) is 2.93. The van der Waals surface area contributed by atoms with Gasteiger partial charge in [0.05, 0.1) is 11.2 Å². The van der Waals surface area contributed by atoms with E-state index in [1.54, 1.807) is 0 Å². The van der Waals surface area contributed by atoms with Gasteiger partial charge in [0.2, 0.25) is 0 Å². The van der Waals surface area contributed by atoms with Crippen LogP contribution in [0.15, 0.2) is 18.2 Å². The second kappa shape index (κ2) is 2.59. The smallest absolute Gasteiger partial charge is 0.0734 e. The van der Waals surface area contributed by atoms with Crippen LogP contribution in [-0.2, 0) is 7.05 Å². The molecular formula is C12H14N2. The van der Waals surface area contributed by atoms with Crippen LogP contribution in [0.3, 0.4) is 0 Å². The summed E-state index contributed by atoms with van der Waals surface area (Å²) in [4.78, 5) is 0. The fourth-order valence-corrected chi connectivity index (χ4v) is 2.06. The van der Waals surface area contributed by atoms with Gasteiger partial charge in [-0.25, -0.2) is 0 Å². The Hall–Kier alpha value is -1.31. The number of benzene rings is 1. The molecule has 0 N–H and O–H groups in total. The van der Waals surface area contributed by atoms with Crippen molar-refractivity contribution in [3.05, 3.63) is 29.5 Å². The number of hydrogen-bond donors (Lipinski definition) is 0. The molecule has 3 rings (SSSR count). The number of aryl methyl sites for hydroxylation is 2. The predicted molar refractivity (Wildman–Crippen MR) is 57.4 cm³/mol. The molecule has 0 unspecified atom stereocenters. The van der Waals surface area contributed by atoms with Crippen molar-refractivity contribution in [2.75, 3.05) is 0 Å². The van der Waals surface area contributed by atoms with Gasteiger partial charge in [-0.15, -0.1) is 0 Å². The molecule has 0 amide bonds. The molecule has 1 aromatic heterocycles. The summed E-state index contributed by atoms with van der Waals surface area (Å²) in [5, 5.41) is 5.97. The fraction of sp³-hybridized carbons (Fsp3) is 0.417. The van der Waals surface area contributed by atoms with Crippen molar-refractivity contribution in [3.63, 3.8) is 0 Å². The third-order valence-corrected chi connectivity index (χ3v) is 3.00. The molecule has 1 aliphatic rings. The van der Waals surface area contributed by atoms with Crippen molar-refractivity contribution in [2.45, 2.75) is 25.7 Å². The Kier molecular flexibility index (Phi) is 1.49. The van der Waals surface area contributed by atoms with E-state index < -0.39 is 0 Å². The van der Waals surface area contributed by atoms with Gasteiger partial charge in [-0.1, -0.05) is 11.6 Å². The van der Waals surface area contributed by atoms with Crippen LogP contribution in [0, 0.1) is 6.92 Å². The highest BCUT2D eigenvalue weighted by Gasteiger charge is 2.28. The zero-order valence-corrected chi connectivity index (χ0v) is 8.62. The predicted octanol–water partition coefficient (Wildman–Crippen LogP) is 2.76. The summed E-state index contributed by atoms with van der Waals surface area (Å²) in [7, 11) is 2.03. The molecule has 0 spiro atoms. The van der Waals surface area contributed by atoms with Gasteiger partial charge >= 0.3 is 0 Å². The fourth-order valence-electron chi connectivity index (χ4n) is 2.06. The summed E-state index contributed by atoms with van der Waals surface area (Å²) in [5.74, 6) is 0.737. The lowest BCUT2D eigenvalue weighted by molar-refractivity contribution is 0.767. The second-order valence-corrected chi connectivity index (χ2v) is 4.30. The summed E-state index contributed by atoms with van der Waals surface area (Å²) in [6, 6.07) is 6.58. The van der Waals surface area contributed by atoms with Crippen molar-refractivity contribution in [2.24, 2.45) is 7.05 Å². The highest BCUT2D eigenvalue weighted by atomic mass is 15.3. The summed E-state index contributed by atoms with van der Waals surface area (Å²) < 4.78 is 2.00. The van der Waals surface area contributed by atoms with Crippen molar-refractivity contribution >= 4 is 10.9 Å². The van der Waals surface area contributed by atoms with E-state index in [4.69, 9.17) is 0 Å². The van der Waals surface area contributed by atoms with Gasteiger partial charge in [0, 0.05) is 18.4 Å². The van der Waals surface area contributed by atoms with Crippen LogP contribution in [0.5, 0.6) is 0 Å². The van der Waals surface area contributed by atoms with Crippen LogP contribution >= 0.6 is 0 Å². The molecule has 0 bridgehead atoms. The minimum absolute atomic E-state index is 0.737. The summed E-state index contributed by atoms with van der Waals surface area (Å²) in [6.07, 6.45) is 2.64. The standard InChI is InChI=1S/C12H14N2/c1-8-3-6-11-10(7-8)12(9-4-5-9)13-14(11)2/h3,6-7,9H,4-5H2,1-2H3. The molecule has 2 aromatic rings. The lowest BCUT2D eigenvalue weighted by Gasteiger charge is -1.95. The molecule has 1 heterocycles. The van der Waals surface area contributed by atoms with Crippen molar-refractivity contribution in [1.29, 1.82) is 0 Å². The van der Waals surface area contributed by atoms with Crippen molar-refractivity contribution in [3.8, 4) is 0 Å². The minimum Gasteiger partial charge on any atom is -0.268 e. The monoisotopic (exact) mass is 186 g/mol. The van der Waals surface area contributed by atoms with Gasteiger partial charge in [0.15, 0.2) is 0 Å². The van der Waals surface area contributed by atoms with Crippen molar-refractivity contribution < 1.29 is 0 Å². The molecule has 72 valence electrons. The van der Waals surface area contributed by atoms with E-state index in [-0.39, 0.29) is 0 Å². The average molecular weight is 186 g/mol. The van der Waals surface area contributed by atoms with Crippen LogP contribution in [0.1, 0.15) is 30.0 Å². The lowest BCUT2D eigenvalue weighted by Crippen LogP contribution is -1.90. The Morgan fingerprint density at radius 2 is 2.14 bits per heavy atom. The molecule has 14 heavy (non-hydrogen) atoms. The van der Waals surface area contributed by atoms with Crippen LogP contribution < -0.4 is 0 Å². The molecule has 2 nitrogen and oxygen atoms in total. The Labute approximate surface area is 83.5 Å². The quantitative estimate of drug-likeness (QED) is 0.669. The Morgan fingerprint density at radius 3 is 2.86 bits per heavy atom. The molecule has 0 saturated heterocycles. The number of aromatic nitrogens is 2. The molecule has 1 aromatic carbocycles. The van der Waals surface area contributed by atoms with E-state index in [2.05, 4.69) is 30.2 Å². The maximum absolute atomic E-state index is 4.61. The summed E-state index contributed by atoms with van der Waals surface area (Å²) in [6.45, 7) is 2.14. The Balaban J connectivity index is 2.33. The highest BCUT2D eigenvalue weighted by molar-refractivity contribution is 5.83. The Morgan fingerprint density at radius 1 is 1.36 bits per heavy atom. The lowest BCUT2D eigenvalue weighted by atomic mass is 10.1. The molecule has 0 radical (unpaired) electrons. The van der Waals surface area contributed by atoms with Crippen LogP contribution in [0.2, 0.25) is 0 Å². The van der Waals surface area contributed by atoms with Crippen LogP contribution in [-0.4, -0.2) is 9.78 Å². The first-order valence-electron chi connectivity index (χ1n) is 5.19. The second-order valence-electron chi connectivity index (χ2n) is 4.30. The first-order valence-corrected chi connectivity index (χ1v) is 5.19. The number of nitrogens with zero attached hydrogens (tertiary/aromatic N) is 2. The third kappa shape index (κ3) is 1.07. The summed E-state index contributed by atoms with van der Waals surface area (Å²) in [5.41, 5.74) is 3.90. The normalized spacial score (nSPS) is 16.4. The number of fused-ring (bicyclic) bond motifs is 1. The minimum atomic E-state index is 0.737. The molecule has 1 saturated carbocycles. The van der Waals surface area contributed by atoms with E-state index in [1.807, 2.05) is 11.7 Å². The third-order valence-electron chi connectivity index (χ3n) is 3.00. The maximum atomic E-state index is 4.61. The van der Waals surface area contributed by atoms with Gasteiger partial charge in [0.1, 0.15) is 0 Å². The van der Waals surface area contributed by atoms with Crippen LogP contribution in [0.4, 0.5) is 0 Å². The van der Waals surface area contributed by atoms with Gasteiger partial charge < -0.3 is 0 Å². The molecule has 1 fully saturated rings. The number of rotatable bonds is 1. The van der Waals surface area contributed by atoms with Crippen molar-refractivity contribution in [1.82, 2.24) is 9.78 Å². The molecular weight excluding hydrogens is 172 g/mol. The maximum Gasteiger partial charge on any atom is 0.0734 e. The van der Waals surface area contributed by atoms with E-state index in [1.165, 1.54) is 35.0 Å². The largest absolute Gasteiger partial charge is 0.268 e. The first kappa shape index (κ1) is 8.04. The van der Waals surface area contributed by atoms with Crippen LogP contribution in [0.25, 0.3) is 10.9 Å². The van der Waals surface area contributed by atoms with E-state index >= 15 is 0 Å².